The second kappa shape index (κ2) is 29.9. The molecule has 7 unspecified atom stereocenters. The number of aryl methyl sites for hydroxylation is 1. The molecule has 11 heteroatoms. The van der Waals surface area contributed by atoms with Gasteiger partial charge >= 0.3 is 0 Å². The Morgan fingerprint density at radius 3 is 2.22 bits per heavy atom. The molecule has 0 aromatic heterocycles. The van der Waals surface area contributed by atoms with Crippen LogP contribution in [0, 0.1) is 18.8 Å². The van der Waals surface area contributed by atoms with Gasteiger partial charge in [-0.25, -0.2) is 13.2 Å². The molecule has 0 fully saturated rings. The smallest absolute Gasteiger partial charge is 0.272 e. The quantitative estimate of drug-likeness (QED) is 0.152. The lowest BCUT2D eigenvalue weighted by Gasteiger charge is -2.21. The Morgan fingerprint density at radius 2 is 1.71 bits per heavy atom. The molecule has 0 saturated heterocycles. The number of Topliss-reactive ketones (excluding diaryl/α,β-unsaturated/α-hetero) is 1. The van der Waals surface area contributed by atoms with Crippen molar-refractivity contribution in [3.63, 3.8) is 0 Å². The van der Waals surface area contributed by atoms with Crippen LogP contribution in [0.15, 0.2) is 70.3 Å². The fraction of sp³-hybridized carbons (Fsp3) is 0.596. The molecular formula is C52H80F3N3O5. The van der Waals surface area contributed by atoms with E-state index in [2.05, 4.69) is 64.8 Å². The third-order valence-corrected chi connectivity index (χ3v) is 11.8. The van der Waals surface area contributed by atoms with Crippen molar-refractivity contribution in [1.82, 2.24) is 0 Å². The second-order valence-electron chi connectivity index (χ2n) is 16.7. The highest BCUT2D eigenvalue weighted by Gasteiger charge is 2.27. The van der Waals surface area contributed by atoms with Crippen molar-refractivity contribution in [2.24, 2.45) is 22.6 Å². The summed E-state index contributed by atoms with van der Waals surface area (Å²) in [5, 5.41) is 3.41. The molecule has 2 aliphatic heterocycles. The minimum atomic E-state index is -2.44. The van der Waals surface area contributed by atoms with Crippen LogP contribution in [0.5, 0.6) is 11.5 Å². The van der Waals surface area contributed by atoms with E-state index in [1.165, 1.54) is 25.5 Å². The Bertz CT molecular complexity index is 1820. The largest absolute Gasteiger partial charge is 0.487 e. The number of carbonyl (C=O) groups is 2. The highest BCUT2D eigenvalue weighted by molar-refractivity contribution is 6.04. The number of anilines is 1. The second-order valence-corrected chi connectivity index (χ2v) is 16.7. The predicted octanol–water partition coefficient (Wildman–Crippen LogP) is 13.6. The number of nitrogens with two attached hydrogens (primary N) is 1. The average Bonchev–Trinajstić information content (AvgIpc) is 3.85. The van der Waals surface area contributed by atoms with Gasteiger partial charge in [-0.3, -0.25) is 14.6 Å². The molecule has 2 heterocycles. The van der Waals surface area contributed by atoms with E-state index in [0.29, 0.717) is 65.4 Å². The fourth-order valence-corrected chi connectivity index (χ4v) is 6.96. The van der Waals surface area contributed by atoms with E-state index in [1.54, 1.807) is 20.1 Å². The summed E-state index contributed by atoms with van der Waals surface area (Å²) in [4.78, 5) is 26.0. The van der Waals surface area contributed by atoms with Gasteiger partial charge in [-0.1, -0.05) is 93.7 Å². The number of halogens is 3. The van der Waals surface area contributed by atoms with Crippen LogP contribution in [0.3, 0.4) is 0 Å². The molecule has 5 rings (SSSR count). The summed E-state index contributed by atoms with van der Waals surface area (Å²) in [6.45, 7) is 26.1. The van der Waals surface area contributed by atoms with Crippen LogP contribution in [-0.2, 0) is 20.7 Å². The molecule has 3 N–H and O–H groups in total. The number of nitrogens with one attached hydrogen (secondary N) is 1. The summed E-state index contributed by atoms with van der Waals surface area (Å²) in [6, 6.07) is 9.79. The van der Waals surface area contributed by atoms with Crippen molar-refractivity contribution in [1.29, 1.82) is 0 Å². The SMILES string of the molecule is CC.CCC(C)C(C)OC.CCC(C)c1cc2c(cc1OCC(F)F)CC(C)N2.CCCCC(C)C(C)=O.Cc1cc(OC2=C(F)CCC=C2)ccc1C(C)C1N=CC(C=O)=C1N. The number of alkyl halides is 2. The van der Waals surface area contributed by atoms with Crippen molar-refractivity contribution in [3.05, 3.63) is 87.6 Å². The molecular weight excluding hydrogens is 804 g/mol. The maximum absolute atomic E-state index is 13.8. The van der Waals surface area contributed by atoms with Gasteiger partial charge in [0.05, 0.1) is 17.7 Å². The van der Waals surface area contributed by atoms with E-state index in [1.807, 2.05) is 65.0 Å². The Hall–Kier alpha value is -4.38. The summed E-state index contributed by atoms with van der Waals surface area (Å²) >= 11 is 0. The van der Waals surface area contributed by atoms with Crippen LogP contribution in [-0.4, -0.2) is 56.6 Å². The summed E-state index contributed by atoms with van der Waals surface area (Å²) in [7, 11) is 1.76. The highest BCUT2D eigenvalue weighted by atomic mass is 19.3. The van der Waals surface area contributed by atoms with Crippen molar-refractivity contribution >= 4 is 24.0 Å². The molecule has 1 aliphatic carbocycles. The van der Waals surface area contributed by atoms with Gasteiger partial charge in [-0.05, 0) is 118 Å². The van der Waals surface area contributed by atoms with Gasteiger partial charge in [0, 0.05) is 49.0 Å². The monoisotopic (exact) mass is 884 g/mol. The lowest BCUT2D eigenvalue weighted by Crippen LogP contribution is -2.21. The number of methoxy groups -OCH3 is 1. The van der Waals surface area contributed by atoms with Crippen molar-refractivity contribution in [2.75, 3.05) is 19.0 Å². The number of ketones is 1. The van der Waals surface area contributed by atoms with Crippen molar-refractivity contribution in [2.45, 2.75) is 178 Å². The molecule has 0 amide bonds. The number of unbranched alkanes of at least 4 members (excludes halogenated alkanes) is 1. The van der Waals surface area contributed by atoms with Crippen molar-refractivity contribution < 1.29 is 37.0 Å². The summed E-state index contributed by atoms with van der Waals surface area (Å²) in [5.41, 5.74) is 12.3. The lowest BCUT2D eigenvalue weighted by molar-refractivity contribution is -0.120. The zero-order chi connectivity index (χ0) is 47.8. The number of benzene rings is 2. The molecule has 2 aromatic rings. The van der Waals surface area contributed by atoms with Crippen LogP contribution in [0.25, 0.3) is 0 Å². The minimum absolute atomic E-state index is 0.0216. The normalized spacial score (nSPS) is 18.4. The number of aldehydes is 1. The topological polar surface area (TPSA) is 112 Å². The van der Waals surface area contributed by atoms with E-state index in [9.17, 15) is 22.8 Å². The lowest BCUT2D eigenvalue weighted by atomic mass is 9.88. The van der Waals surface area contributed by atoms with Gasteiger partial charge in [-0.2, -0.15) is 0 Å². The number of carbonyl (C=O) groups excluding carboxylic acids is 2. The third kappa shape index (κ3) is 18.7. The molecule has 0 bridgehead atoms. The molecule has 0 radical (unpaired) electrons. The standard InChI is InChI=1S/C20H21FN2O2.C15H21F2NO.C8H16O.C7H16O.C2H6/c1-12-9-15(25-18-6-4-3-5-17(18)21)7-8-16(12)13(2)20-19(22)14(11-24)10-23-20;1-4-9(2)12-7-13-11(5-10(3)18-13)6-14(12)19-8-15(16)17;1-4-5-6-7(2)8(3)9;1-5-6(2)7(3)8-4;1-2/h4,6-11,13,20H,3,5,22H2,1-2H3;6-7,9-10,15,18H,4-5,8H2,1-3H3;7H,4-6H2,1-3H3;6-7H,5H2,1-4H3;1-2H3. The number of ether oxygens (including phenoxy) is 3. The molecule has 354 valence electrons. The van der Waals surface area contributed by atoms with E-state index < -0.39 is 13.0 Å². The first-order valence-electron chi connectivity index (χ1n) is 23.1. The zero-order valence-corrected chi connectivity index (χ0v) is 40.9. The van der Waals surface area contributed by atoms with Gasteiger partial charge < -0.3 is 25.3 Å². The zero-order valence-electron chi connectivity index (χ0n) is 40.9. The number of hydrogen-bond donors (Lipinski definition) is 2. The van der Waals surface area contributed by atoms with Crippen LogP contribution in [0.4, 0.5) is 18.9 Å². The van der Waals surface area contributed by atoms with E-state index in [-0.39, 0.29) is 29.5 Å². The molecule has 0 spiro atoms. The van der Waals surface area contributed by atoms with E-state index >= 15 is 0 Å². The highest BCUT2D eigenvalue weighted by Crippen LogP contribution is 2.38. The van der Waals surface area contributed by atoms with Gasteiger partial charge in [0.2, 0.25) is 0 Å². The number of nitrogens with zero attached hydrogens (tertiary/aromatic N) is 1. The average molecular weight is 884 g/mol. The van der Waals surface area contributed by atoms with Gasteiger partial charge in [0.15, 0.2) is 12.0 Å². The summed E-state index contributed by atoms with van der Waals surface area (Å²) in [5.74, 6) is 2.88. The number of hydrogen-bond acceptors (Lipinski definition) is 8. The predicted molar refractivity (Wildman–Crippen MR) is 256 cm³/mol. The minimum Gasteiger partial charge on any atom is -0.487 e. The molecule has 7 atom stereocenters. The number of allylic oxidation sites excluding steroid dienone is 4. The number of rotatable bonds is 17. The maximum Gasteiger partial charge on any atom is 0.272 e. The van der Waals surface area contributed by atoms with Gasteiger partial charge in [0.1, 0.15) is 29.7 Å². The Kier molecular flexibility index (Phi) is 26.9. The third-order valence-electron chi connectivity index (χ3n) is 11.8. The first-order chi connectivity index (χ1) is 29.9. The Balaban J connectivity index is 0.000000459. The summed E-state index contributed by atoms with van der Waals surface area (Å²) < 4.78 is 54.5. The van der Waals surface area contributed by atoms with Gasteiger partial charge in [0.25, 0.3) is 6.43 Å². The molecule has 63 heavy (non-hydrogen) atoms. The molecule has 0 saturated carbocycles. The number of aliphatic imine (C=N–C) groups is 1. The van der Waals surface area contributed by atoms with Crippen LogP contribution in [0.2, 0.25) is 0 Å². The van der Waals surface area contributed by atoms with Crippen molar-refractivity contribution in [3.8, 4) is 11.5 Å². The fourth-order valence-electron chi connectivity index (χ4n) is 6.96. The number of fused-ring (bicyclic) bond motifs is 1. The molecule has 3 aliphatic rings. The Morgan fingerprint density at radius 1 is 1.03 bits per heavy atom. The van der Waals surface area contributed by atoms with Gasteiger partial charge in [-0.15, -0.1) is 0 Å². The molecule has 8 nitrogen and oxygen atoms in total. The summed E-state index contributed by atoms with van der Waals surface area (Å²) in [6.07, 6.45) is 11.4. The van der Waals surface area contributed by atoms with Crippen LogP contribution >= 0.6 is 0 Å². The maximum atomic E-state index is 13.8. The first-order valence-corrected chi connectivity index (χ1v) is 23.1. The van der Waals surface area contributed by atoms with Crippen LogP contribution in [0.1, 0.15) is 162 Å². The Labute approximate surface area is 378 Å². The first kappa shape index (κ1) is 56.6. The van der Waals surface area contributed by atoms with Crippen LogP contribution < -0.4 is 20.5 Å². The van der Waals surface area contributed by atoms with E-state index in [4.69, 9.17) is 19.9 Å². The molecule has 2 aromatic carbocycles. The van der Waals surface area contributed by atoms with E-state index in [0.717, 1.165) is 53.5 Å².